The molecule has 2 aromatic heterocycles. The van der Waals surface area contributed by atoms with E-state index in [9.17, 15) is 0 Å². The normalized spacial score (nSPS) is 16.7. The Morgan fingerprint density at radius 2 is 0.923 bits per heavy atom. The van der Waals surface area contributed by atoms with Crippen molar-refractivity contribution < 1.29 is 0 Å². The van der Waals surface area contributed by atoms with E-state index in [0.717, 1.165) is 22.8 Å². The summed E-state index contributed by atoms with van der Waals surface area (Å²) < 4.78 is 4.81. The number of aliphatic imine (C=N–C) groups is 1. The fraction of sp³-hybridized carbons (Fsp3) is 0.0851. The van der Waals surface area contributed by atoms with Gasteiger partial charge in [0.05, 0.1) is 22.1 Å². The SMILES string of the molecule is CN1C(c2cccc(-n3c4ccccc4c4cc(-n5c6ccccc6c6ccccc65)ccc43)c2)=NC(c2ccccc2)N(C)C1c1ccccc1. The van der Waals surface area contributed by atoms with E-state index in [2.05, 4.69) is 209 Å². The van der Waals surface area contributed by atoms with Gasteiger partial charge in [-0.25, -0.2) is 4.99 Å². The predicted molar refractivity (Wildman–Crippen MR) is 216 cm³/mol. The predicted octanol–water partition coefficient (Wildman–Crippen LogP) is 10.9. The molecule has 9 aromatic rings. The quantitative estimate of drug-likeness (QED) is 0.182. The van der Waals surface area contributed by atoms with Crippen molar-refractivity contribution in [2.45, 2.75) is 12.3 Å². The Bertz CT molecular complexity index is 2740. The van der Waals surface area contributed by atoms with Gasteiger partial charge in [-0.05, 0) is 66.7 Å². The van der Waals surface area contributed by atoms with Crippen molar-refractivity contribution in [3.05, 3.63) is 193 Å². The largest absolute Gasteiger partial charge is 0.339 e. The van der Waals surface area contributed by atoms with Gasteiger partial charge in [-0.2, -0.15) is 0 Å². The number of benzene rings is 7. The molecule has 52 heavy (non-hydrogen) atoms. The molecule has 0 amide bonds. The molecule has 1 aliphatic rings. The van der Waals surface area contributed by atoms with E-state index < -0.39 is 0 Å². The summed E-state index contributed by atoms with van der Waals surface area (Å²) >= 11 is 0. The Morgan fingerprint density at radius 3 is 1.54 bits per heavy atom. The average Bonchev–Trinajstić information content (AvgIpc) is 3.71. The van der Waals surface area contributed by atoms with Crippen molar-refractivity contribution in [2.75, 3.05) is 14.1 Å². The molecule has 250 valence electrons. The number of fused-ring (bicyclic) bond motifs is 6. The minimum atomic E-state index is -0.131. The Kier molecular flexibility index (Phi) is 7.08. The van der Waals surface area contributed by atoms with E-state index in [-0.39, 0.29) is 12.3 Å². The zero-order valence-corrected chi connectivity index (χ0v) is 29.1. The summed E-state index contributed by atoms with van der Waals surface area (Å²) in [6.45, 7) is 0. The van der Waals surface area contributed by atoms with Gasteiger partial charge in [-0.1, -0.05) is 127 Å². The van der Waals surface area contributed by atoms with Gasteiger partial charge in [0.25, 0.3) is 0 Å². The molecule has 3 heterocycles. The summed E-state index contributed by atoms with van der Waals surface area (Å²) in [5.74, 6) is 0.970. The van der Waals surface area contributed by atoms with E-state index >= 15 is 0 Å². The van der Waals surface area contributed by atoms with Crippen LogP contribution in [0.1, 0.15) is 29.0 Å². The van der Waals surface area contributed by atoms with E-state index in [0.29, 0.717) is 0 Å². The summed E-state index contributed by atoms with van der Waals surface area (Å²) in [5.41, 5.74) is 10.5. The van der Waals surface area contributed by atoms with Crippen molar-refractivity contribution in [2.24, 2.45) is 4.99 Å². The van der Waals surface area contributed by atoms with Crippen LogP contribution < -0.4 is 0 Å². The topological polar surface area (TPSA) is 28.7 Å². The second kappa shape index (κ2) is 12.1. The fourth-order valence-corrected chi connectivity index (χ4v) is 8.48. The first-order chi connectivity index (χ1) is 25.7. The summed E-state index contributed by atoms with van der Waals surface area (Å²) in [5, 5.41) is 4.99. The smallest absolute Gasteiger partial charge is 0.134 e. The molecule has 5 heteroatoms. The highest BCUT2D eigenvalue weighted by molar-refractivity contribution is 6.12. The second-order valence-electron chi connectivity index (χ2n) is 13.8. The zero-order valence-electron chi connectivity index (χ0n) is 29.1. The molecule has 0 saturated carbocycles. The maximum Gasteiger partial charge on any atom is 0.134 e. The lowest BCUT2D eigenvalue weighted by molar-refractivity contribution is 0.0744. The first kappa shape index (κ1) is 30.4. The Labute approximate surface area is 302 Å². The third-order valence-electron chi connectivity index (χ3n) is 10.8. The molecule has 0 bridgehead atoms. The maximum atomic E-state index is 5.45. The van der Waals surface area contributed by atoms with E-state index in [1.54, 1.807) is 0 Å². The minimum absolute atomic E-state index is 0.00932. The van der Waals surface area contributed by atoms with Crippen molar-refractivity contribution >= 4 is 49.4 Å². The highest BCUT2D eigenvalue weighted by atomic mass is 15.4. The number of rotatable bonds is 5. The molecule has 0 N–H and O–H groups in total. The monoisotopic (exact) mass is 671 g/mol. The molecule has 1 aliphatic heterocycles. The van der Waals surface area contributed by atoms with Crippen molar-refractivity contribution in [3.63, 3.8) is 0 Å². The number of amidine groups is 1. The van der Waals surface area contributed by atoms with Gasteiger partial charge >= 0.3 is 0 Å². The zero-order chi connectivity index (χ0) is 34.8. The number of hydrogen-bond acceptors (Lipinski definition) is 3. The Hall–Kier alpha value is -6.43. The molecule has 10 rings (SSSR count). The molecule has 7 aromatic carbocycles. The van der Waals surface area contributed by atoms with Crippen molar-refractivity contribution in [1.82, 2.24) is 18.9 Å². The molecular weight excluding hydrogens is 635 g/mol. The summed E-state index contributed by atoms with van der Waals surface area (Å²) in [6.07, 6.45) is -0.121. The maximum absolute atomic E-state index is 5.45. The summed E-state index contributed by atoms with van der Waals surface area (Å²) in [7, 11) is 4.34. The van der Waals surface area contributed by atoms with Crippen LogP contribution in [0.25, 0.3) is 55.0 Å². The molecular formula is C47H37N5. The summed E-state index contributed by atoms with van der Waals surface area (Å²) in [6, 6.07) is 63.4. The van der Waals surface area contributed by atoms with E-state index in [4.69, 9.17) is 4.99 Å². The van der Waals surface area contributed by atoms with Crippen LogP contribution in [-0.2, 0) is 0 Å². The minimum Gasteiger partial charge on any atom is -0.339 e. The van der Waals surface area contributed by atoms with E-state index in [1.165, 1.54) is 54.7 Å². The van der Waals surface area contributed by atoms with E-state index in [1.807, 2.05) is 0 Å². The van der Waals surface area contributed by atoms with Crippen LogP contribution in [0.15, 0.2) is 181 Å². The first-order valence-electron chi connectivity index (χ1n) is 17.9. The lowest BCUT2D eigenvalue weighted by Crippen LogP contribution is -2.47. The van der Waals surface area contributed by atoms with Gasteiger partial charge in [-0.3, -0.25) is 4.90 Å². The number of aromatic nitrogens is 2. The van der Waals surface area contributed by atoms with Crippen LogP contribution in [-0.4, -0.2) is 38.9 Å². The van der Waals surface area contributed by atoms with Crippen LogP contribution in [0.2, 0.25) is 0 Å². The Morgan fingerprint density at radius 1 is 0.423 bits per heavy atom. The molecule has 0 saturated heterocycles. The first-order valence-corrected chi connectivity index (χ1v) is 17.9. The Balaban J connectivity index is 1.14. The highest BCUT2D eigenvalue weighted by Gasteiger charge is 2.35. The third-order valence-corrected chi connectivity index (χ3v) is 10.8. The molecule has 0 aliphatic carbocycles. The average molecular weight is 672 g/mol. The fourth-order valence-electron chi connectivity index (χ4n) is 8.48. The standard InChI is InChI=1S/C47H37N5/c1-49-45(32-16-5-3-6-17-32)48-46(50(2)47(49)33-18-7-4-8-19-33)34-20-15-21-35(30-34)51-43-27-14-11-24-39(43)40-31-36(28-29-44(40)51)52-41-25-12-9-22-37(41)38-23-10-13-26-42(38)52/h3-31,45,47H,1-2H3. The van der Waals surface area contributed by atoms with Crippen LogP contribution >= 0.6 is 0 Å². The van der Waals surface area contributed by atoms with Gasteiger partial charge in [0.1, 0.15) is 18.2 Å². The molecule has 2 unspecified atom stereocenters. The van der Waals surface area contributed by atoms with Crippen LogP contribution in [0.4, 0.5) is 0 Å². The lowest BCUT2D eigenvalue weighted by atomic mass is 10.0. The molecule has 0 fully saturated rings. The number of hydrogen-bond donors (Lipinski definition) is 0. The number of nitrogens with zero attached hydrogens (tertiary/aromatic N) is 5. The highest BCUT2D eigenvalue weighted by Crippen LogP contribution is 2.40. The van der Waals surface area contributed by atoms with Crippen molar-refractivity contribution in [3.8, 4) is 11.4 Å². The molecule has 0 radical (unpaired) electrons. The van der Waals surface area contributed by atoms with Crippen LogP contribution in [0.5, 0.6) is 0 Å². The van der Waals surface area contributed by atoms with Crippen molar-refractivity contribution in [1.29, 1.82) is 0 Å². The van der Waals surface area contributed by atoms with Crippen LogP contribution in [0.3, 0.4) is 0 Å². The van der Waals surface area contributed by atoms with Gasteiger partial charge in [-0.15, -0.1) is 0 Å². The molecule has 5 nitrogen and oxygen atoms in total. The van der Waals surface area contributed by atoms with Gasteiger partial charge in [0.15, 0.2) is 0 Å². The van der Waals surface area contributed by atoms with Crippen LogP contribution in [0, 0.1) is 0 Å². The lowest BCUT2D eigenvalue weighted by Gasteiger charge is -2.45. The number of para-hydroxylation sites is 3. The molecule has 2 atom stereocenters. The van der Waals surface area contributed by atoms with Gasteiger partial charge in [0, 0.05) is 45.5 Å². The second-order valence-corrected chi connectivity index (χ2v) is 13.8. The van der Waals surface area contributed by atoms with Gasteiger partial charge < -0.3 is 14.0 Å². The third kappa shape index (κ3) is 4.70. The summed E-state index contributed by atoms with van der Waals surface area (Å²) in [4.78, 5) is 10.1. The molecule has 0 spiro atoms. The van der Waals surface area contributed by atoms with Gasteiger partial charge in [0.2, 0.25) is 0 Å².